The monoisotopic (exact) mass is 285 g/mol. The first kappa shape index (κ1) is 14.4. The van der Waals surface area contributed by atoms with Gasteiger partial charge in [-0.25, -0.2) is 18.2 Å². The van der Waals surface area contributed by atoms with E-state index in [4.69, 9.17) is 4.74 Å². The van der Waals surface area contributed by atoms with Crippen molar-refractivity contribution in [2.24, 2.45) is 0 Å². The second-order valence-electron chi connectivity index (χ2n) is 4.11. The van der Waals surface area contributed by atoms with Crippen LogP contribution in [0.1, 0.15) is 6.42 Å². The number of ether oxygens (including phenoxy) is 1. The number of nitrogens with one attached hydrogen (secondary N) is 1. The van der Waals surface area contributed by atoms with Crippen LogP contribution in [-0.4, -0.2) is 29.8 Å². The van der Waals surface area contributed by atoms with Crippen molar-refractivity contribution in [1.29, 1.82) is 0 Å². The average molecular weight is 285 g/mol. The molecule has 2 aromatic rings. The van der Waals surface area contributed by atoms with E-state index in [1.54, 1.807) is 7.11 Å². The Bertz CT molecular complexity index is 586. The molecule has 0 amide bonds. The zero-order valence-corrected chi connectivity index (χ0v) is 10.9. The number of benzene rings is 1. The van der Waals surface area contributed by atoms with E-state index in [0.717, 1.165) is 12.5 Å². The largest absolute Gasteiger partial charge is 0.385 e. The Morgan fingerprint density at radius 3 is 2.70 bits per heavy atom. The van der Waals surface area contributed by atoms with Crippen LogP contribution >= 0.6 is 0 Å². The SMILES string of the molecule is COCCCNc1nccn1-c1cc(F)c(F)cc1F. The highest BCUT2D eigenvalue weighted by atomic mass is 19.2. The van der Waals surface area contributed by atoms with Gasteiger partial charge in [0, 0.05) is 44.8 Å². The number of nitrogens with zero attached hydrogens (tertiary/aromatic N) is 2. The van der Waals surface area contributed by atoms with Gasteiger partial charge >= 0.3 is 0 Å². The summed E-state index contributed by atoms with van der Waals surface area (Å²) >= 11 is 0. The second-order valence-corrected chi connectivity index (χ2v) is 4.11. The van der Waals surface area contributed by atoms with Gasteiger partial charge in [0.25, 0.3) is 0 Å². The van der Waals surface area contributed by atoms with E-state index >= 15 is 0 Å². The summed E-state index contributed by atoms with van der Waals surface area (Å²) in [4.78, 5) is 4.01. The smallest absolute Gasteiger partial charge is 0.207 e. The van der Waals surface area contributed by atoms with Crippen molar-refractivity contribution in [2.45, 2.75) is 6.42 Å². The van der Waals surface area contributed by atoms with Crippen molar-refractivity contribution in [3.05, 3.63) is 42.0 Å². The second kappa shape index (κ2) is 6.42. The molecule has 108 valence electrons. The molecule has 2 rings (SSSR count). The van der Waals surface area contributed by atoms with Gasteiger partial charge in [0.15, 0.2) is 11.6 Å². The number of hydrogen-bond donors (Lipinski definition) is 1. The van der Waals surface area contributed by atoms with E-state index in [-0.39, 0.29) is 5.69 Å². The molecule has 7 heteroatoms. The first-order valence-electron chi connectivity index (χ1n) is 6.04. The fraction of sp³-hybridized carbons (Fsp3) is 0.308. The van der Waals surface area contributed by atoms with Gasteiger partial charge in [-0.2, -0.15) is 0 Å². The molecule has 0 aliphatic carbocycles. The first-order valence-corrected chi connectivity index (χ1v) is 6.04. The van der Waals surface area contributed by atoms with Crippen molar-refractivity contribution >= 4 is 5.95 Å². The Morgan fingerprint density at radius 1 is 1.20 bits per heavy atom. The van der Waals surface area contributed by atoms with Crippen LogP contribution in [-0.2, 0) is 4.74 Å². The Labute approximate surface area is 114 Å². The molecule has 0 bridgehead atoms. The van der Waals surface area contributed by atoms with Crippen molar-refractivity contribution in [1.82, 2.24) is 9.55 Å². The summed E-state index contributed by atoms with van der Waals surface area (Å²) in [6.07, 6.45) is 3.65. The summed E-state index contributed by atoms with van der Waals surface area (Å²) in [5.74, 6) is -2.84. The molecule has 0 fully saturated rings. The third-order valence-corrected chi connectivity index (χ3v) is 2.70. The molecular formula is C13H14F3N3O. The van der Waals surface area contributed by atoms with E-state index in [9.17, 15) is 13.2 Å². The summed E-state index contributed by atoms with van der Waals surface area (Å²) in [7, 11) is 1.59. The lowest BCUT2D eigenvalue weighted by atomic mass is 10.3. The first-order chi connectivity index (χ1) is 9.63. The molecule has 0 radical (unpaired) electrons. The molecule has 0 aliphatic heterocycles. The van der Waals surface area contributed by atoms with E-state index in [2.05, 4.69) is 10.3 Å². The summed E-state index contributed by atoms with van der Waals surface area (Å²) < 4.78 is 46.1. The average Bonchev–Trinajstić information content (AvgIpc) is 2.87. The lowest BCUT2D eigenvalue weighted by Crippen LogP contribution is -2.10. The molecule has 0 atom stereocenters. The van der Waals surface area contributed by atoms with Crippen molar-refractivity contribution in [2.75, 3.05) is 25.6 Å². The zero-order valence-electron chi connectivity index (χ0n) is 10.9. The lowest BCUT2D eigenvalue weighted by Gasteiger charge is -2.11. The van der Waals surface area contributed by atoms with Crippen LogP contribution in [0.15, 0.2) is 24.5 Å². The highest BCUT2D eigenvalue weighted by Crippen LogP contribution is 2.21. The van der Waals surface area contributed by atoms with Gasteiger partial charge in [0.2, 0.25) is 5.95 Å². The fourth-order valence-electron chi connectivity index (χ4n) is 1.74. The minimum atomic E-state index is -1.22. The fourth-order valence-corrected chi connectivity index (χ4v) is 1.74. The molecule has 1 heterocycles. The minimum Gasteiger partial charge on any atom is -0.385 e. The van der Waals surface area contributed by atoms with Crippen molar-refractivity contribution < 1.29 is 17.9 Å². The van der Waals surface area contributed by atoms with Crippen molar-refractivity contribution in [3.63, 3.8) is 0 Å². The molecule has 0 saturated heterocycles. The standard InChI is InChI=1S/C13H14F3N3O/c1-20-6-2-3-17-13-18-4-5-19(13)12-8-10(15)9(14)7-11(12)16/h4-5,7-8H,2-3,6H2,1H3,(H,17,18). The summed E-state index contributed by atoms with van der Waals surface area (Å²) in [6.45, 7) is 1.14. The van der Waals surface area contributed by atoms with E-state index in [1.807, 2.05) is 0 Å². The number of rotatable bonds is 6. The molecule has 4 nitrogen and oxygen atoms in total. The number of anilines is 1. The van der Waals surface area contributed by atoms with E-state index in [1.165, 1.54) is 17.0 Å². The van der Waals surface area contributed by atoms with Gasteiger partial charge < -0.3 is 10.1 Å². The molecule has 0 spiro atoms. The van der Waals surface area contributed by atoms with Crippen molar-refractivity contribution in [3.8, 4) is 5.69 Å². The molecule has 1 aromatic carbocycles. The van der Waals surface area contributed by atoms with E-state index in [0.29, 0.717) is 25.2 Å². The summed E-state index contributed by atoms with van der Waals surface area (Å²) in [5, 5.41) is 2.98. The van der Waals surface area contributed by atoms with Crippen LogP contribution < -0.4 is 5.32 Å². The predicted molar refractivity (Wildman–Crippen MR) is 68.4 cm³/mol. The Morgan fingerprint density at radius 2 is 1.95 bits per heavy atom. The topological polar surface area (TPSA) is 39.1 Å². The quantitative estimate of drug-likeness (QED) is 0.655. The summed E-state index contributed by atoms with van der Waals surface area (Å²) in [6, 6.07) is 1.31. The highest BCUT2D eigenvalue weighted by molar-refractivity contribution is 5.43. The maximum Gasteiger partial charge on any atom is 0.207 e. The third-order valence-electron chi connectivity index (χ3n) is 2.70. The van der Waals surface area contributed by atoms with Crippen LogP contribution in [0.25, 0.3) is 5.69 Å². The van der Waals surface area contributed by atoms with Gasteiger partial charge in [-0.05, 0) is 6.42 Å². The summed E-state index contributed by atoms with van der Waals surface area (Å²) in [5.41, 5.74) is -0.101. The number of hydrogen-bond acceptors (Lipinski definition) is 3. The Hall–Kier alpha value is -2.02. The van der Waals surface area contributed by atoms with Crippen LogP contribution in [0.2, 0.25) is 0 Å². The van der Waals surface area contributed by atoms with Gasteiger partial charge in [-0.3, -0.25) is 4.57 Å². The maximum atomic E-state index is 13.7. The molecule has 0 saturated carbocycles. The minimum absolute atomic E-state index is 0.101. The Kier molecular flexibility index (Phi) is 4.62. The van der Waals surface area contributed by atoms with Crippen LogP contribution in [0.3, 0.4) is 0 Å². The molecule has 0 aliphatic rings. The van der Waals surface area contributed by atoms with Gasteiger partial charge in [-0.1, -0.05) is 0 Å². The molecular weight excluding hydrogens is 271 g/mol. The number of aromatic nitrogens is 2. The molecule has 1 N–H and O–H groups in total. The number of halogens is 3. The predicted octanol–water partition coefficient (Wildman–Crippen LogP) is 2.74. The van der Waals surface area contributed by atoms with Crippen LogP contribution in [0, 0.1) is 17.5 Å². The molecule has 1 aromatic heterocycles. The van der Waals surface area contributed by atoms with Gasteiger partial charge in [0.1, 0.15) is 5.82 Å². The van der Waals surface area contributed by atoms with E-state index < -0.39 is 17.5 Å². The molecule has 20 heavy (non-hydrogen) atoms. The normalized spacial score (nSPS) is 10.8. The maximum absolute atomic E-state index is 13.7. The van der Waals surface area contributed by atoms with Gasteiger partial charge in [-0.15, -0.1) is 0 Å². The third kappa shape index (κ3) is 3.11. The highest BCUT2D eigenvalue weighted by Gasteiger charge is 2.13. The van der Waals surface area contributed by atoms with Gasteiger partial charge in [0.05, 0.1) is 5.69 Å². The lowest BCUT2D eigenvalue weighted by molar-refractivity contribution is 0.197. The van der Waals surface area contributed by atoms with Crippen LogP contribution in [0.4, 0.5) is 19.1 Å². The number of imidazole rings is 1. The number of methoxy groups -OCH3 is 1. The zero-order chi connectivity index (χ0) is 14.5. The van der Waals surface area contributed by atoms with Crippen LogP contribution in [0.5, 0.6) is 0 Å². The Balaban J connectivity index is 2.21. The molecule has 0 unspecified atom stereocenters.